The number of ether oxygens (including phenoxy) is 1. The van der Waals surface area contributed by atoms with Crippen LogP contribution in [-0.2, 0) is 21.7 Å². The Kier molecular flexibility index (Phi) is 5.60. The summed E-state index contributed by atoms with van der Waals surface area (Å²) in [5, 5.41) is 21.0. The second kappa shape index (κ2) is 9.81. The van der Waals surface area contributed by atoms with Crippen LogP contribution in [0.25, 0.3) is 0 Å². The third-order valence-corrected chi connectivity index (χ3v) is 6.87. The molecular formula is C28H25ClF2N2O5. The van der Waals surface area contributed by atoms with E-state index in [0.717, 1.165) is 13.0 Å². The molecule has 5 rings (SSSR count). The molecule has 7 nitrogen and oxygen atoms in total. The maximum absolute atomic E-state index is 14.8. The first kappa shape index (κ1) is 21.7. The van der Waals surface area contributed by atoms with Gasteiger partial charge < -0.3 is 14.9 Å². The van der Waals surface area contributed by atoms with Crippen LogP contribution in [0.4, 0.5) is 8.78 Å². The maximum Gasteiger partial charge on any atom is 0.263 e. The monoisotopic (exact) mass is 546 g/mol. The van der Waals surface area contributed by atoms with Crippen molar-refractivity contribution >= 4 is 23.4 Å². The number of imide groups is 1. The van der Waals surface area contributed by atoms with Crippen LogP contribution in [0.5, 0.6) is 0 Å². The first-order valence-electron chi connectivity index (χ1n) is 13.7. The van der Waals surface area contributed by atoms with Crippen molar-refractivity contribution < 1.29 is 38.8 Å². The molecule has 198 valence electrons. The normalized spacial score (nSPS) is 22.7. The zero-order chi connectivity index (χ0) is 30.8. The molecular weight excluding hydrogens is 518 g/mol. The van der Waals surface area contributed by atoms with Crippen molar-refractivity contribution in [3.8, 4) is 0 Å². The van der Waals surface area contributed by atoms with Gasteiger partial charge in [0.25, 0.3) is 11.8 Å². The number of aromatic nitrogens is 1. The van der Waals surface area contributed by atoms with E-state index in [0.29, 0.717) is 27.7 Å². The number of halogens is 3. The summed E-state index contributed by atoms with van der Waals surface area (Å²) in [5.41, 5.74) is -4.77. The van der Waals surface area contributed by atoms with Crippen molar-refractivity contribution in [2.75, 3.05) is 13.1 Å². The average molecular weight is 547 g/mol. The molecule has 1 fully saturated rings. The summed E-state index contributed by atoms with van der Waals surface area (Å²) < 4.78 is 68.7. The van der Waals surface area contributed by atoms with Crippen LogP contribution < -0.4 is 0 Å². The van der Waals surface area contributed by atoms with E-state index >= 15 is 0 Å². The summed E-state index contributed by atoms with van der Waals surface area (Å²) in [6, 6.07) is 9.89. The van der Waals surface area contributed by atoms with E-state index in [1.54, 1.807) is 18.2 Å². The van der Waals surface area contributed by atoms with Gasteiger partial charge in [0.05, 0.1) is 23.6 Å². The Labute approximate surface area is 228 Å². The van der Waals surface area contributed by atoms with Gasteiger partial charge in [0, 0.05) is 40.4 Å². The molecule has 2 heterocycles. The number of carbonyl (C=O) groups is 2. The predicted molar refractivity (Wildman–Crippen MR) is 133 cm³/mol. The maximum atomic E-state index is 14.8. The molecule has 0 bridgehead atoms. The largest absolute Gasteiger partial charge is 0.396 e. The number of aliphatic hydroxyl groups excluding tert-OH is 1. The lowest BCUT2D eigenvalue weighted by Crippen LogP contribution is -2.54. The van der Waals surface area contributed by atoms with E-state index in [9.17, 15) is 28.6 Å². The minimum Gasteiger partial charge on any atom is -0.396 e. The van der Waals surface area contributed by atoms with Crippen LogP contribution in [0.2, 0.25) is 5.02 Å². The third kappa shape index (κ3) is 4.39. The lowest BCUT2D eigenvalue weighted by atomic mass is 9.87. The van der Waals surface area contributed by atoms with Crippen LogP contribution in [0.3, 0.4) is 0 Å². The number of pyridine rings is 1. The molecule has 3 aromatic rings. The van der Waals surface area contributed by atoms with Gasteiger partial charge in [0.2, 0.25) is 5.72 Å². The van der Waals surface area contributed by atoms with Gasteiger partial charge in [0.1, 0.15) is 6.10 Å². The van der Waals surface area contributed by atoms with Crippen LogP contribution in [-0.4, -0.2) is 51.1 Å². The first-order valence-corrected chi connectivity index (χ1v) is 12.1. The molecule has 0 radical (unpaired) electrons. The molecule has 2 atom stereocenters. The molecule has 38 heavy (non-hydrogen) atoms. The van der Waals surface area contributed by atoms with Crippen LogP contribution in [0, 0.1) is 17.0 Å². The molecule has 10 heteroatoms. The standard InChI is InChI=1S/C28H25ClF2N2O5/c1-16(35)25(36)33-26(37)21-4-2-3-17(11-20-7-6-19(29)13-32-20)24(21)28(33,38-15-27(14-34)9-10-27)18-5-8-22(30)23(31)12-18/h2-8,12-13,16,34-35H,9-11,14-15H2,1H3/t16?,28-/m1/s1/i14D2,15D2. The van der Waals surface area contributed by atoms with Crippen molar-refractivity contribution in [3.05, 3.63) is 99.3 Å². The first-order chi connectivity index (χ1) is 19.6. The molecule has 0 spiro atoms. The van der Waals surface area contributed by atoms with Gasteiger partial charge in [-0.1, -0.05) is 29.8 Å². The Balaban J connectivity index is 1.84. The lowest BCUT2D eigenvalue weighted by molar-refractivity contribution is -0.166. The van der Waals surface area contributed by atoms with E-state index in [1.165, 1.54) is 18.3 Å². The van der Waals surface area contributed by atoms with Crippen LogP contribution >= 0.6 is 11.6 Å². The Morgan fingerprint density at radius 3 is 2.61 bits per heavy atom. The molecule has 2 N–H and O–H groups in total. The van der Waals surface area contributed by atoms with E-state index in [1.807, 2.05) is 0 Å². The second-order valence-electron chi connectivity index (χ2n) is 9.31. The number of rotatable bonds is 8. The van der Waals surface area contributed by atoms with Gasteiger partial charge in [-0.15, -0.1) is 0 Å². The van der Waals surface area contributed by atoms with Gasteiger partial charge in [-0.05, 0) is 55.7 Å². The smallest absolute Gasteiger partial charge is 0.263 e. The number of amides is 2. The topological polar surface area (TPSA) is 100.0 Å². The van der Waals surface area contributed by atoms with Crippen LogP contribution in [0.15, 0.2) is 54.7 Å². The molecule has 1 unspecified atom stereocenters. The van der Waals surface area contributed by atoms with E-state index in [4.69, 9.17) is 21.8 Å². The Morgan fingerprint density at radius 2 is 2.00 bits per heavy atom. The number of benzene rings is 2. The second-order valence-corrected chi connectivity index (χ2v) is 9.75. The van der Waals surface area contributed by atoms with Crippen molar-refractivity contribution in [1.29, 1.82) is 0 Å². The molecule has 1 aliphatic heterocycles. The minimum absolute atomic E-state index is 0.0198. The van der Waals surface area contributed by atoms with Gasteiger partial charge in [0.15, 0.2) is 11.6 Å². The predicted octanol–water partition coefficient (Wildman–Crippen LogP) is 3.96. The highest BCUT2D eigenvalue weighted by molar-refractivity contribution is 6.30. The number of fused-ring (bicyclic) bond motifs is 1. The average Bonchev–Trinajstić information content (AvgIpc) is 3.70. The summed E-state index contributed by atoms with van der Waals surface area (Å²) in [6.45, 7) is -5.15. The quantitative estimate of drug-likeness (QED) is 0.444. The summed E-state index contributed by atoms with van der Waals surface area (Å²) in [5.74, 6) is -4.96. The Bertz CT molecular complexity index is 1580. The summed E-state index contributed by atoms with van der Waals surface area (Å²) in [6.07, 6.45) is -0.805. The molecule has 0 saturated heterocycles. The molecule has 1 saturated carbocycles. The fourth-order valence-electron chi connectivity index (χ4n) is 4.52. The van der Waals surface area contributed by atoms with Crippen molar-refractivity contribution in [3.63, 3.8) is 0 Å². The zero-order valence-electron chi connectivity index (χ0n) is 24.0. The summed E-state index contributed by atoms with van der Waals surface area (Å²) >= 11 is 5.97. The van der Waals surface area contributed by atoms with Gasteiger partial charge in [-0.2, -0.15) is 0 Å². The third-order valence-electron chi connectivity index (χ3n) is 6.65. The zero-order valence-corrected chi connectivity index (χ0v) is 20.8. The molecule has 2 amide bonds. The highest BCUT2D eigenvalue weighted by atomic mass is 35.5. The van der Waals surface area contributed by atoms with Crippen molar-refractivity contribution in [2.24, 2.45) is 5.41 Å². The lowest BCUT2D eigenvalue weighted by Gasteiger charge is -2.40. The summed E-state index contributed by atoms with van der Waals surface area (Å²) in [7, 11) is 0. The van der Waals surface area contributed by atoms with Gasteiger partial charge in [-0.3, -0.25) is 14.6 Å². The number of hydrogen-bond acceptors (Lipinski definition) is 6. The molecule has 1 aromatic heterocycles. The number of nitrogens with zero attached hydrogens (tertiary/aromatic N) is 2. The SMILES string of the molecule is [2H]C([2H])(O)C1(C([2H])([2H])O[C@]2(c3ccc(F)c(F)c3)c3c(Cc4ccc(Cl)cn4)cccc3C(=O)N2C(=O)C(C)O)CC1. The van der Waals surface area contributed by atoms with Crippen LogP contribution in [0.1, 0.15) is 58.0 Å². The van der Waals surface area contributed by atoms with E-state index in [-0.39, 0.29) is 36.0 Å². The molecule has 1 aliphatic carbocycles. The summed E-state index contributed by atoms with van der Waals surface area (Å²) in [4.78, 5) is 32.2. The minimum atomic E-state index is -3.11. The Morgan fingerprint density at radius 1 is 1.24 bits per heavy atom. The molecule has 2 aliphatic rings. The van der Waals surface area contributed by atoms with Crippen molar-refractivity contribution in [1.82, 2.24) is 9.88 Å². The fourth-order valence-corrected chi connectivity index (χ4v) is 4.63. The van der Waals surface area contributed by atoms with Gasteiger partial charge >= 0.3 is 0 Å². The Hall–Kier alpha value is -3.24. The van der Waals surface area contributed by atoms with Gasteiger partial charge in [-0.25, -0.2) is 13.7 Å². The highest BCUT2D eigenvalue weighted by Crippen LogP contribution is 2.52. The van der Waals surface area contributed by atoms with E-state index in [2.05, 4.69) is 4.98 Å². The fraction of sp³-hybridized carbons (Fsp3) is 0.321. The van der Waals surface area contributed by atoms with E-state index < -0.39 is 59.4 Å². The highest BCUT2D eigenvalue weighted by Gasteiger charge is 2.58. The number of carbonyl (C=O) groups excluding carboxylic acids is 2. The number of aliphatic hydroxyl groups is 2. The number of hydrogen-bond donors (Lipinski definition) is 2. The van der Waals surface area contributed by atoms with Crippen molar-refractivity contribution in [2.45, 2.75) is 38.0 Å². The molecule has 2 aromatic carbocycles.